The molecule has 0 heterocycles. The maximum Gasteiger partial charge on any atom is 0.328 e. The van der Waals surface area contributed by atoms with Crippen molar-refractivity contribution in [3.63, 3.8) is 0 Å². The van der Waals surface area contributed by atoms with Crippen LogP contribution in [-0.2, 0) is 16.1 Å². The largest absolute Gasteiger partial charge is 0.508 e. The fraction of sp³-hybridized carbons (Fsp3) is 0.385. The second-order valence-corrected chi connectivity index (χ2v) is 9.52. The molecule has 0 aliphatic heterocycles. The van der Waals surface area contributed by atoms with Crippen LogP contribution in [0.15, 0.2) is 42.5 Å². The van der Waals surface area contributed by atoms with Gasteiger partial charge in [-0.3, -0.25) is 14.4 Å². The van der Waals surface area contributed by atoms with Crippen molar-refractivity contribution in [3.05, 3.63) is 64.2 Å². The molecule has 37 heavy (non-hydrogen) atoms. The van der Waals surface area contributed by atoms with E-state index in [0.29, 0.717) is 30.9 Å². The third-order valence-electron chi connectivity index (χ3n) is 6.47. The molecule has 0 bridgehead atoms. The molecule has 10 nitrogen and oxygen atoms in total. The zero-order valence-corrected chi connectivity index (χ0v) is 21.0. The first-order valence-corrected chi connectivity index (χ1v) is 12.4. The molecule has 0 saturated heterocycles. The number of phenols is 1. The van der Waals surface area contributed by atoms with Crippen LogP contribution in [0.25, 0.3) is 0 Å². The van der Waals surface area contributed by atoms with E-state index < -0.39 is 23.8 Å². The topological polar surface area (TPSA) is 171 Å². The highest BCUT2D eigenvalue weighted by Gasteiger charge is 2.28. The Hall–Kier alpha value is -3.63. The van der Waals surface area contributed by atoms with Crippen molar-refractivity contribution in [1.29, 1.82) is 0 Å². The lowest BCUT2D eigenvalue weighted by Gasteiger charge is -2.27. The van der Waals surface area contributed by atoms with Gasteiger partial charge >= 0.3 is 5.97 Å². The summed E-state index contributed by atoms with van der Waals surface area (Å²) in [4.78, 5) is 49.3. The number of rotatable bonds is 10. The van der Waals surface area contributed by atoms with Crippen molar-refractivity contribution >= 4 is 35.3 Å². The Morgan fingerprint density at radius 3 is 2.35 bits per heavy atom. The summed E-state index contributed by atoms with van der Waals surface area (Å²) in [5.41, 5.74) is 6.57. The zero-order valence-electron chi connectivity index (χ0n) is 20.2. The molecule has 2 aromatic rings. The summed E-state index contributed by atoms with van der Waals surface area (Å²) in [7, 11) is 0. The van der Waals surface area contributed by atoms with Crippen molar-refractivity contribution in [2.45, 2.75) is 38.3 Å². The molecule has 198 valence electrons. The van der Waals surface area contributed by atoms with Crippen molar-refractivity contribution in [2.75, 3.05) is 13.1 Å². The predicted molar refractivity (Wildman–Crippen MR) is 137 cm³/mol. The Morgan fingerprint density at radius 2 is 1.73 bits per heavy atom. The maximum atomic E-state index is 12.7. The van der Waals surface area contributed by atoms with Crippen molar-refractivity contribution < 1.29 is 29.4 Å². The van der Waals surface area contributed by atoms with Gasteiger partial charge in [-0.25, -0.2) is 4.79 Å². The van der Waals surface area contributed by atoms with Crippen LogP contribution < -0.4 is 21.7 Å². The Bertz CT molecular complexity index is 1150. The second kappa shape index (κ2) is 13.1. The van der Waals surface area contributed by atoms with Crippen molar-refractivity contribution in [2.24, 2.45) is 17.6 Å². The van der Waals surface area contributed by atoms with Gasteiger partial charge < -0.3 is 31.9 Å². The SMILES string of the molecule is NCC1CCC(C(=O)NC[C@H](NC(=O)c2ccc(C(=O)NCc3cccc(O)c3)cc2Cl)C(=O)O)CC1. The number of carbonyl (C=O) groups is 4. The Kier molecular flexibility index (Phi) is 9.87. The number of hydrogen-bond acceptors (Lipinski definition) is 6. The summed E-state index contributed by atoms with van der Waals surface area (Å²) in [5, 5.41) is 26.7. The lowest BCUT2D eigenvalue weighted by atomic mass is 9.81. The van der Waals surface area contributed by atoms with Gasteiger partial charge in [-0.1, -0.05) is 23.7 Å². The number of carboxylic acid groups (broad SMARTS) is 1. The summed E-state index contributed by atoms with van der Waals surface area (Å²) in [5.74, 6) is -2.44. The molecule has 0 aromatic heterocycles. The van der Waals surface area contributed by atoms with Crippen molar-refractivity contribution in [1.82, 2.24) is 16.0 Å². The molecule has 0 unspecified atom stereocenters. The van der Waals surface area contributed by atoms with Gasteiger partial charge in [0.05, 0.1) is 10.6 Å². The molecule has 1 fully saturated rings. The fourth-order valence-corrected chi connectivity index (χ4v) is 4.50. The van der Waals surface area contributed by atoms with Crippen LogP contribution in [-0.4, -0.2) is 53.0 Å². The van der Waals surface area contributed by atoms with E-state index in [1.807, 2.05) is 0 Å². The molecule has 3 rings (SSSR count). The monoisotopic (exact) mass is 530 g/mol. The minimum atomic E-state index is -1.36. The highest BCUT2D eigenvalue weighted by Crippen LogP contribution is 2.28. The molecule has 1 aliphatic carbocycles. The highest BCUT2D eigenvalue weighted by molar-refractivity contribution is 6.34. The molecule has 0 spiro atoms. The lowest BCUT2D eigenvalue weighted by Crippen LogP contribution is -2.49. The Morgan fingerprint density at radius 1 is 1.00 bits per heavy atom. The van der Waals surface area contributed by atoms with Gasteiger partial charge in [0.25, 0.3) is 11.8 Å². The van der Waals surface area contributed by atoms with Crippen molar-refractivity contribution in [3.8, 4) is 5.75 Å². The molecule has 3 amide bonds. The average Bonchev–Trinajstić information content (AvgIpc) is 2.89. The van der Waals surface area contributed by atoms with E-state index in [4.69, 9.17) is 17.3 Å². The van der Waals surface area contributed by atoms with Gasteiger partial charge in [-0.05, 0) is 74.0 Å². The molecule has 2 aromatic carbocycles. The summed E-state index contributed by atoms with van der Waals surface area (Å²) in [6, 6.07) is 9.11. The number of hydrogen-bond donors (Lipinski definition) is 6. The van der Waals surface area contributed by atoms with Gasteiger partial charge in [0, 0.05) is 24.6 Å². The smallest absolute Gasteiger partial charge is 0.328 e. The number of nitrogens with two attached hydrogens (primary N) is 1. The van der Waals surface area contributed by atoms with E-state index in [1.165, 1.54) is 30.3 Å². The van der Waals surface area contributed by atoms with E-state index in [-0.39, 0.29) is 46.8 Å². The minimum Gasteiger partial charge on any atom is -0.508 e. The van der Waals surface area contributed by atoms with Crippen LogP contribution in [0.4, 0.5) is 0 Å². The first kappa shape index (κ1) is 27.9. The molecule has 11 heteroatoms. The number of amides is 3. The van der Waals surface area contributed by atoms with Gasteiger partial charge in [0.1, 0.15) is 11.8 Å². The third kappa shape index (κ3) is 7.93. The average molecular weight is 531 g/mol. The number of benzene rings is 2. The summed E-state index contributed by atoms with van der Waals surface area (Å²) in [6.45, 7) is 0.492. The molecule has 1 atom stereocenters. The Balaban J connectivity index is 1.55. The first-order chi connectivity index (χ1) is 17.7. The number of nitrogens with one attached hydrogen (secondary N) is 3. The molecule has 1 aliphatic rings. The van der Waals surface area contributed by atoms with Gasteiger partial charge in [-0.15, -0.1) is 0 Å². The molecule has 1 saturated carbocycles. The normalized spacial score (nSPS) is 17.9. The van der Waals surface area contributed by atoms with Gasteiger partial charge in [0.15, 0.2) is 0 Å². The maximum absolute atomic E-state index is 12.7. The van der Waals surface area contributed by atoms with Crippen LogP contribution in [0.1, 0.15) is 52.0 Å². The second-order valence-electron chi connectivity index (χ2n) is 9.11. The van der Waals surface area contributed by atoms with Crippen LogP contribution in [0.2, 0.25) is 5.02 Å². The molecule has 0 radical (unpaired) electrons. The molecule has 7 N–H and O–H groups in total. The van der Waals surface area contributed by atoms with E-state index >= 15 is 0 Å². The third-order valence-corrected chi connectivity index (χ3v) is 6.79. The highest BCUT2D eigenvalue weighted by atomic mass is 35.5. The van der Waals surface area contributed by atoms with Gasteiger partial charge in [0.2, 0.25) is 5.91 Å². The number of halogens is 1. The van der Waals surface area contributed by atoms with Crippen LogP contribution in [0, 0.1) is 11.8 Å². The summed E-state index contributed by atoms with van der Waals surface area (Å²) < 4.78 is 0. The number of aliphatic carboxylic acids is 1. The lowest BCUT2D eigenvalue weighted by molar-refractivity contribution is -0.139. The quantitative estimate of drug-likeness (QED) is 0.273. The predicted octanol–water partition coefficient (Wildman–Crippen LogP) is 2.04. The van der Waals surface area contributed by atoms with E-state index in [9.17, 15) is 29.4 Å². The minimum absolute atomic E-state index is 0.0103. The van der Waals surface area contributed by atoms with E-state index in [0.717, 1.165) is 12.8 Å². The fourth-order valence-electron chi connectivity index (χ4n) is 4.23. The number of carboxylic acids is 1. The van der Waals surface area contributed by atoms with Gasteiger partial charge in [-0.2, -0.15) is 0 Å². The first-order valence-electron chi connectivity index (χ1n) is 12.0. The van der Waals surface area contributed by atoms with Crippen LogP contribution >= 0.6 is 11.6 Å². The Labute approximate surface area is 219 Å². The van der Waals surface area contributed by atoms with E-state index in [2.05, 4.69) is 16.0 Å². The van der Waals surface area contributed by atoms with Crippen LogP contribution in [0.5, 0.6) is 5.75 Å². The molecular weight excluding hydrogens is 500 g/mol. The molecular formula is C26H31ClN4O6. The standard InChI is InChI=1S/C26H31ClN4O6/c27-21-11-18(24(34)29-13-16-2-1-3-19(32)10-16)8-9-20(21)25(35)31-22(26(36)37)14-30-23(33)17-6-4-15(12-28)5-7-17/h1-3,8-11,15,17,22,32H,4-7,12-14,28H2,(H,29,34)(H,30,33)(H,31,35)(H,36,37)/t15?,17?,22-/m0/s1. The number of phenolic OH excluding ortho intramolecular Hbond substituents is 1. The number of carbonyl (C=O) groups excluding carboxylic acids is 3. The number of aromatic hydroxyl groups is 1. The van der Waals surface area contributed by atoms with E-state index in [1.54, 1.807) is 12.1 Å². The summed E-state index contributed by atoms with van der Waals surface area (Å²) >= 11 is 6.22. The zero-order chi connectivity index (χ0) is 26.9. The summed E-state index contributed by atoms with van der Waals surface area (Å²) in [6.07, 6.45) is 3.11. The van der Waals surface area contributed by atoms with Crippen LogP contribution in [0.3, 0.4) is 0 Å².